The van der Waals surface area contributed by atoms with Gasteiger partial charge in [0, 0.05) is 11.4 Å². The summed E-state index contributed by atoms with van der Waals surface area (Å²) in [6.07, 6.45) is 4.34. The zero-order valence-corrected chi connectivity index (χ0v) is 15.2. The maximum Gasteiger partial charge on any atom is 0.318 e. The minimum Gasteiger partial charge on any atom is -0.468 e. The molecule has 23 heavy (non-hydrogen) atoms. The van der Waals surface area contributed by atoms with Crippen LogP contribution in [0.15, 0.2) is 9.95 Å². The van der Waals surface area contributed by atoms with E-state index in [-0.39, 0.29) is 11.5 Å². The van der Waals surface area contributed by atoms with Gasteiger partial charge in [-0.2, -0.15) is 0 Å². The van der Waals surface area contributed by atoms with E-state index < -0.39 is 5.25 Å². The predicted octanol–water partition coefficient (Wildman–Crippen LogP) is 3.01. The van der Waals surface area contributed by atoms with Crippen LogP contribution in [-0.4, -0.2) is 27.9 Å². The molecule has 5 nitrogen and oxygen atoms in total. The van der Waals surface area contributed by atoms with E-state index in [1.165, 1.54) is 35.7 Å². The summed E-state index contributed by atoms with van der Waals surface area (Å²) in [4.78, 5) is 31.4. The van der Waals surface area contributed by atoms with Gasteiger partial charge in [-0.15, -0.1) is 11.3 Å². The Kier molecular flexibility index (Phi) is 4.77. The highest BCUT2D eigenvalue weighted by Crippen LogP contribution is 2.35. The Morgan fingerprint density at radius 3 is 2.87 bits per heavy atom. The third kappa shape index (κ3) is 2.92. The van der Waals surface area contributed by atoms with Crippen LogP contribution in [0.4, 0.5) is 0 Å². The number of fused-ring (bicyclic) bond motifs is 3. The Balaban J connectivity index is 2.12. The number of thioether (sulfide) groups is 1. The largest absolute Gasteiger partial charge is 0.468 e. The van der Waals surface area contributed by atoms with Crippen molar-refractivity contribution >= 4 is 39.3 Å². The molecule has 0 fully saturated rings. The van der Waals surface area contributed by atoms with Gasteiger partial charge < -0.3 is 4.74 Å². The van der Waals surface area contributed by atoms with Crippen LogP contribution in [-0.2, 0) is 28.9 Å². The average molecular weight is 352 g/mol. The number of rotatable bonds is 4. The number of esters is 1. The van der Waals surface area contributed by atoms with Gasteiger partial charge in [0.15, 0.2) is 5.16 Å². The van der Waals surface area contributed by atoms with E-state index in [0.29, 0.717) is 11.7 Å². The lowest BCUT2D eigenvalue weighted by atomic mass is 9.97. The lowest BCUT2D eigenvalue weighted by molar-refractivity contribution is -0.139. The van der Waals surface area contributed by atoms with Gasteiger partial charge in [-0.05, 0) is 45.1 Å². The molecule has 1 aliphatic rings. The molecule has 0 aromatic carbocycles. The van der Waals surface area contributed by atoms with Crippen LogP contribution in [0, 0.1) is 0 Å². The smallest absolute Gasteiger partial charge is 0.318 e. The van der Waals surface area contributed by atoms with Crippen molar-refractivity contribution in [2.24, 2.45) is 0 Å². The van der Waals surface area contributed by atoms with Gasteiger partial charge in [-0.3, -0.25) is 14.2 Å². The van der Waals surface area contributed by atoms with Crippen LogP contribution in [0.25, 0.3) is 10.2 Å². The van der Waals surface area contributed by atoms with Crippen LogP contribution in [0.3, 0.4) is 0 Å². The number of aromatic nitrogens is 2. The topological polar surface area (TPSA) is 61.2 Å². The van der Waals surface area contributed by atoms with Crippen LogP contribution in [0.1, 0.15) is 37.1 Å². The van der Waals surface area contributed by atoms with E-state index in [4.69, 9.17) is 9.72 Å². The number of nitrogens with zero attached hydrogens (tertiary/aromatic N) is 2. The van der Waals surface area contributed by atoms with Crippen LogP contribution < -0.4 is 5.56 Å². The molecule has 0 unspecified atom stereocenters. The zero-order chi connectivity index (χ0) is 16.6. The molecule has 1 atom stereocenters. The summed E-state index contributed by atoms with van der Waals surface area (Å²) in [6, 6.07) is 0. The molecule has 7 heteroatoms. The molecule has 0 saturated carbocycles. The number of ether oxygens (including phenoxy) is 1. The van der Waals surface area contributed by atoms with Crippen LogP contribution >= 0.6 is 23.1 Å². The van der Waals surface area contributed by atoms with Crippen molar-refractivity contribution < 1.29 is 9.53 Å². The molecule has 0 amide bonds. The van der Waals surface area contributed by atoms with Crippen molar-refractivity contribution in [2.45, 2.75) is 56.5 Å². The van der Waals surface area contributed by atoms with Crippen LogP contribution in [0.2, 0.25) is 0 Å². The number of hydrogen-bond acceptors (Lipinski definition) is 6. The second kappa shape index (κ2) is 6.65. The third-order valence-corrected chi connectivity index (χ3v) is 6.43. The number of methoxy groups -OCH3 is 1. The fourth-order valence-electron chi connectivity index (χ4n) is 2.96. The molecule has 0 aliphatic heterocycles. The van der Waals surface area contributed by atoms with Crippen molar-refractivity contribution in [1.82, 2.24) is 9.55 Å². The Morgan fingerprint density at radius 2 is 2.17 bits per heavy atom. The number of carbonyl (C=O) groups excluding carboxylic acids is 1. The van der Waals surface area contributed by atoms with Gasteiger partial charge in [0.2, 0.25) is 0 Å². The Labute approximate surface area is 143 Å². The molecule has 2 aromatic rings. The Hall–Kier alpha value is -1.34. The first-order valence-electron chi connectivity index (χ1n) is 7.86. The fourth-order valence-corrected chi connectivity index (χ4v) is 5.26. The highest BCUT2D eigenvalue weighted by molar-refractivity contribution is 8.00. The highest BCUT2D eigenvalue weighted by Gasteiger charge is 2.24. The Bertz CT molecular complexity index is 810. The first kappa shape index (κ1) is 16.5. The summed E-state index contributed by atoms with van der Waals surface area (Å²) in [6.45, 7) is 4.25. The first-order chi connectivity index (χ1) is 11.1. The molecule has 0 bridgehead atoms. The molecule has 0 saturated heterocycles. The molecule has 0 N–H and O–H groups in total. The molecule has 2 heterocycles. The minimum atomic E-state index is -0.392. The molecule has 2 aromatic heterocycles. The second-order valence-electron chi connectivity index (χ2n) is 5.62. The van der Waals surface area contributed by atoms with Gasteiger partial charge in [0.25, 0.3) is 5.56 Å². The second-order valence-corrected chi connectivity index (χ2v) is 8.01. The fraction of sp³-hybridized carbons (Fsp3) is 0.562. The lowest BCUT2D eigenvalue weighted by Crippen LogP contribution is -2.24. The van der Waals surface area contributed by atoms with Crippen molar-refractivity contribution in [2.75, 3.05) is 7.11 Å². The van der Waals surface area contributed by atoms with E-state index >= 15 is 0 Å². The normalized spacial score (nSPS) is 15.4. The highest BCUT2D eigenvalue weighted by atomic mass is 32.2. The van der Waals surface area contributed by atoms with Gasteiger partial charge >= 0.3 is 5.97 Å². The Morgan fingerprint density at radius 1 is 1.43 bits per heavy atom. The van der Waals surface area contributed by atoms with Crippen molar-refractivity contribution in [3.8, 4) is 0 Å². The molecule has 3 rings (SSSR count). The summed E-state index contributed by atoms with van der Waals surface area (Å²) in [5.41, 5.74) is 1.23. The third-order valence-electron chi connectivity index (χ3n) is 4.17. The summed E-state index contributed by atoms with van der Waals surface area (Å²) >= 11 is 2.92. The van der Waals surface area contributed by atoms with Gasteiger partial charge in [-0.1, -0.05) is 11.8 Å². The van der Waals surface area contributed by atoms with Gasteiger partial charge in [0.05, 0.1) is 12.5 Å². The molecular formula is C16H20N2O3S2. The number of carbonyl (C=O) groups is 1. The summed E-state index contributed by atoms with van der Waals surface area (Å²) in [5, 5.41) is 1.000. The SMILES string of the molecule is CCn1c(S[C@@H](C)C(=O)OC)nc2sc3c(c2c1=O)CCCC3. The van der Waals surface area contributed by atoms with Crippen molar-refractivity contribution in [3.63, 3.8) is 0 Å². The molecular weight excluding hydrogens is 332 g/mol. The first-order valence-corrected chi connectivity index (χ1v) is 9.56. The lowest BCUT2D eigenvalue weighted by Gasteiger charge is -2.14. The van der Waals surface area contributed by atoms with E-state index in [9.17, 15) is 9.59 Å². The predicted molar refractivity (Wildman–Crippen MR) is 93.5 cm³/mol. The minimum absolute atomic E-state index is 0.0245. The van der Waals surface area contributed by atoms with Gasteiger partial charge in [-0.25, -0.2) is 4.98 Å². The molecule has 124 valence electrons. The summed E-state index contributed by atoms with van der Waals surface area (Å²) in [7, 11) is 1.37. The van der Waals surface area contributed by atoms with E-state index in [1.54, 1.807) is 22.8 Å². The summed E-state index contributed by atoms with van der Waals surface area (Å²) < 4.78 is 6.44. The van der Waals surface area contributed by atoms with Crippen molar-refractivity contribution in [3.05, 3.63) is 20.8 Å². The van der Waals surface area contributed by atoms with Gasteiger partial charge in [0.1, 0.15) is 10.1 Å². The van der Waals surface area contributed by atoms with E-state index in [0.717, 1.165) is 29.5 Å². The maximum absolute atomic E-state index is 12.9. The maximum atomic E-state index is 12.9. The van der Waals surface area contributed by atoms with E-state index in [1.807, 2.05) is 6.92 Å². The molecule has 1 aliphatic carbocycles. The van der Waals surface area contributed by atoms with Crippen LogP contribution in [0.5, 0.6) is 0 Å². The monoisotopic (exact) mass is 352 g/mol. The average Bonchev–Trinajstić information content (AvgIpc) is 2.92. The van der Waals surface area contributed by atoms with Crippen molar-refractivity contribution in [1.29, 1.82) is 0 Å². The standard InChI is InChI=1S/C16H20N2O3S2/c1-4-18-14(19)12-10-7-5-6-8-11(10)23-13(12)17-16(18)22-9(2)15(20)21-3/h9H,4-8H2,1-3H3/t9-/m0/s1. The molecule has 0 spiro atoms. The van der Waals surface area contributed by atoms with E-state index in [2.05, 4.69) is 0 Å². The number of hydrogen-bond donors (Lipinski definition) is 0. The zero-order valence-electron chi connectivity index (χ0n) is 13.5. The number of aryl methyl sites for hydroxylation is 2. The molecule has 0 radical (unpaired) electrons. The number of thiophene rings is 1. The summed E-state index contributed by atoms with van der Waals surface area (Å²) in [5.74, 6) is -0.308. The quantitative estimate of drug-likeness (QED) is 0.481.